The van der Waals surface area contributed by atoms with Crippen molar-refractivity contribution in [3.63, 3.8) is 0 Å². The van der Waals surface area contributed by atoms with E-state index in [9.17, 15) is 15.0 Å². The molecule has 0 saturated carbocycles. The maximum Gasteiger partial charge on any atom is 0.176 e. The summed E-state index contributed by atoms with van der Waals surface area (Å²) in [6, 6.07) is 6.38. The van der Waals surface area contributed by atoms with Gasteiger partial charge in [0.1, 0.15) is 5.75 Å². The summed E-state index contributed by atoms with van der Waals surface area (Å²) in [6.07, 6.45) is 1.64. The van der Waals surface area contributed by atoms with Gasteiger partial charge in [-0.25, -0.2) is 0 Å². The molecule has 19 heavy (non-hydrogen) atoms. The van der Waals surface area contributed by atoms with Gasteiger partial charge in [0, 0.05) is 5.56 Å². The van der Waals surface area contributed by atoms with E-state index in [-0.39, 0.29) is 17.6 Å². The SMILES string of the molecule is CC(O)C1CCN(CC(=O)c2ccc(O)cc2)CC1. The van der Waals surface area contributed by atoms with Crippen LogP contribution < -0.4 is 0 Å². The second-order valence-corrected chi connectivity index (χ2v) is 5.32. The van der Waals surface area contributed by atoms with Crippen LogP contribution in [0.15, 0.2) is 24.3 Å². The largest absolute Gasteiger partial charge is 0.508 e. The lowest BCUT2D eigenvalue weighted by atomic mass is 9.92. The zero-order valence-corrected chi connectivity index (χ0v) is 11.2. The average Bonchev–Trinajstić information content (AvgIpc) is 2.40. The van der Waals surface area contributed by atoms with Crippen molar-refractivity contribution >= 4 is 5.78 Å². The van der Waals surface area contributed by atoms with Crippen LogP contribution in [0.3, 0.4) is 0 Å². The Morgan fingerprint density at radius 1 is 1.32 bits per heavy atom. The molecule has 1 atom stereocenters. The summed E-state index contributed by atoms with van der Waals surface area (Å²) in [5, 5.41) is 18.7. The van der Waals surface area contributed by atoms with Gasteiger partial charge in [0.25, 0.3) is 0 Å². The fourth-order valence-corrected chi connectivity index (χ4v) is 2.54. The van der Waals surface area contributed by atoms with Crippen molar-refractivity contribution < 1.29 is 15.0 Å². The number of ketones is 1. The zero-order valence-electron chi connectivity index (χ0n) is 11.2. The first-order valence-electron chi connectivity index (χ1n) is 6.79. The topological polar surface area (TPSA) is 60.8 Å². The summed E-state index contributed by atoms with van der Waals surface area (Å²) in [4.78, 5) is 14.2. The van der Waals surface area contributed by atoms with Gasteiger partial charge in [-0.2, -0.15) is 0 Å². The number of hydrogen-bond donors (Lipinski definition) is 2. The molecule has 0 amide bonds. The van der Waals surface area contributed by atoms with Crippen molar-refractivity contribution in [2.75, 3.05) is 19.6 Å². The molecule has 4 nitrogen and oxygen atoms in total. The summed E-state index contributed by atoms with van der Waals surface area (Å²) in [6.45, 7) is 3.97. The number of nitrogens with zero attached hydrogens (tertiary/aromatic N) is 1. The number of aliphatic hydroxyl groups excluding tert-OH is 1. The number of likely N-dealkylation sites (tertiary alicyclic amines) is 1. The number of Topliss-reactive ketones (excluding diaryl/α,β-unsaturated/α-hetero) is 1. The molecule has 1 aliphatic rings. The summed E-state index contributed by atoms with van der Waals surface area (Å²) >= 11 is 0. The van der Waals surface area contributed by atoms with E-state index < -0.39 is 0 Å². The molecule has 1 unspecified atom stereocenters. The Morgan fingerprint density at radius 2 is 1.89 bits per heavy atom. The van der Waals surface area contributed by atoms with Gasteiger partial charge >= 0.3 is 0 Å². The third-order valence-electron chi connectivity index (χ3n) is 3.87. The van der Waals surface area contributed by atoms with Gasteiger partial charge in [0.15, 0.2) is 5.78 Å². The number of benzene rings is 1. The highest BCUT2D eigenvalue weighted by molar-refractivity contribution is 5.97. The van der Waals surface area contributed by atoms with Gasteiger partial charge in [-0.1, -0.05) is 0 Å². The predicted molar refractivity (Wildman–Crippen MR) is 73.3 cm³/mol. The molecule has 4 heteroatoms. The van der Waals surface area contributed by atoms with Crippen molar-refractivity contribution in [2.45, 2.75) is 25.9 Å². The third-order valence-corrected chi connectivity index (χ3v) is 3.87. The number of hydrogen-bond acceptors (Lipinski definition) is 4. The van der Waals surface area contributed by atoms with Crippen LogP contribution >= 0.6 is 0 Å². The highest BCUT2D eigenvalue weighted by atomic mass is 16.3. The third kappa shape index (κ3) is 3.78. The molecule has 0 radical (unpaired) electrons. The number of piperidine rings is 1. The molecule has 1 aromatic rings. The van der Waals surface area contributed by atoms with Crippen LogP contribution in [0.5, 0.6) is 5.75 Å². The lowest BCUT2D eigenvalue weighted by Crippen LogP contribution is -2.39. The summed E-state index contributed by atoms with van der Waals surface area (Å²) in [7, 11) is 0. The summed E-state index contributed by atoms with van der Waals surface area (Å²) < 4.78 is 0. The second kappa shape index (κ2) is 6.17. The number of carbonyl (C=O) groups excluding carboxylic acids is 1. The monoisotopic (exact) mass is 263 g/mol. The Kier molecular flexibility index (Phi) is 4.56. The van der Waals surface area contributed by atoms with E-state index in [1.165, 1.54) is 12.1 Å². The first-order valence-corrected chi connectivity index (χ1v) is 6.79. The van der Waals surface area contributed by atoms with Crippen LogP contribution in [0, 0.1) is 5.92 Å². The Bertz CT molecular complexity index is 420. The zero-order chi connectivity index (χ0) is 13.8. The molecule has 1 fully saturated rings. The van der Waals surface area contributed by atoms with Crippen LogP contribution in [0.25, 0.3) is 0 Å². The van der Waals surface area contributed by atoms with E-state index in [2.05, 4.69) is 4.90 Å². The lowest BCUT2D eigenvalue weighted by molar-refractivity contribution is 0.0664. The highest BCUT2D eigenvalue weighted by Gasteiger charge is 2.23. The molecule has 1 heterocycles. The van der Waals surface area contributed by atoms with Gasteiger partial charge in [0.2, 0.25) is 0 Å². The van der Waals surface area contributed by atoms with Crippen molar-refractivity contribution in [3.05, 3.63) is 29.8 Å². The van der Waals surface area contributed by atoms with Gasteiger partial charge in [-0.3, -0.25) is 9.69 Å². The fourth-order valence-electron chi connectivity index (χ4n) is 2.54. The minimum atomic E-state index is -0.255. The molecule has 2 rings (SSSR count). The van der Waals surface area contributed by atoms with E-state index in [1.807, 2.05) is 6.92 Å². The standard InChI is InChI=1S/C15H21NO3/c1-11(17)12-6-8-16(9-7-12)10-15(19)13-2-4-14(18)5-3-13/h2-5,11-12,17-18H,6-10H2,1H3. The van der Waals surface area contributed by atoms with Gasteiger partial charge in [-0.15, -0.1) is 0 Å². The smallest absolute Gasteiger partial charge is 0.176 e. The molecule has 0 aromatic heterocycles. The second-order valence-electron chi connectivity index (χ2n) is 5.32. The minimum absolute atomic E-state index is 0.0792. The maximum absolute atomic E-state index is 12.1. The van der Waals surface area contributed by atoms with Gasteiger partial charge in [-0.05, 0) is 63.0 Å². The molecule has 1 aromatic carbocycles. The summed E-state index contributed by atoms with van der Waals surface area (Å²) in [5.41, 5.74) is 0.635. The van der Waals surface area contributed by atoms with Crippen molar-refractivity contribution in [1.82, 2.24) is 4.90 Å². The van der Waals surface area contributed by atoms with Gasteiger partial charge in [0.05, 0.1) is 12.6 Å². The molecule has 0 bridgehead atoms. The molecule has 104 valence electrons. The first kappa shape index (κ1) is 14.0. The number of rotatable bonds is 4. The summed E-state index contributed by atoms with van der Waals surface area (Å²) in [5.74, 6) is 0.616. The Balaban J connectivity index is 1.85. The quantitative estimate of drug-likeness (QED) is 0.811. The van der Waals surface area contributed by atoms with E-state index >= 15 is 0 Å². The van der Waals surface area contributed by atoms with Crippen molar-refractivity contribution in [3.8, 4) is 5.75 Å². The van der Waals surface area contributed by atoms with E-state index in [0.29, 0.717) is 18.0 Å². The predicted octanol–water partition coefficient (Wildman–Crippen LogP) is 1.67. The number of phenolic OH excluding ortho intramolecular Hbond substituents is 1. The molecule has 2 N–H and O–H groups in total. The Hall–Kier alpha value is -1.39. The minimum Gasteiger partial charge on any atom is -0.508 e. The van der Waals surface area contributed by atoms with Crippen LogP contribution in [0.1, 0.15) is 30.1 Å². The van der Waals surface area contributed by atoms with Crippen molar-refractivity contribution in [1.29, 1.82) is 0 Å². The van der Waals surface area contributed by atoms with Crippen LogP contribution in [-0.4, -0.2) is 46.6 Å². The highest BCUT2D eigenvalue weighted by Crippen LogP contribution is 2.20. The van der Waals surface area contributed by atoms with Gasteiger partial charge < -0.3 is 10.2 Å². The number of aliphatic hydroxyl groups is 1. The average molecular weight is 263 g/mol. The normalized spacial score (nSPS) is 19.3. The number of aromatic hydroxyl groups is 1. The lowest BCUT2D eigenvalue weighted by Gasteiger charge is -2.32. The Labute approximate surface area is 113 Å². The molecule has 0 spiro atoms. The molecular formula is C15H21NO3. The molecule has 0 aliphatic carbocycles. The molecular weight excluding hydrogens is 242 g/mol. The van der Waals surface area contributed by atoms with E-state index in [0.717, 1.165) is 25.9 Å². The van der Waals surface area contributed by atoms with Crippen LogP contribution in [0.4, 0.5) is 0 Å². The fraction of sp³-hybridized carbons (Fsp3) is 0.533. The Morgan fingerprint density at radius 3 is 2.42 bits per heavy atom. The number of carbonyl (C=O) groups is 1. The molecule has 1 aliphatic heterocycles. The maximum atomic E-state index is 12.1. The van der Waals surface area contributed by atoms with Crippen LogP contribution in [-0.2, 0) is 0 Å². The van der Waals surface area contributed by atoms with E-state index in [4.69, 9.17) is 0 Å². The van der Waals surface area contributed by atoms with Crippen LogP contribution in [0.2, 0.25) is 0 Å². The number of phenols is 1. The molecule has 1 saturated heterocycles. The van der Waals surface area contributed by atoms with E-state index in [1.54, 1.807) is 12.1 Å². The van der Waals surface area contributed by atoms with Crippen molar-refractivity contribution in [2.24, 2.45) is 5.92 Å². The first-order chi connectivity index (χ1) is 9.06.